The van der Waals surface area contributed by atoms with E-state index in [1.807, 2.05) is 16.3 Å². The molecule has 0 bridgehead atoms. The van der Waals surface area contributed by atoms with Crippen molar-refractivity contribution in [3.63, 3.8) is 0 Å². The number of likely N-dealkylation sites (tertiary alicyclic amines) is 1. The molecule has 2 heterocycles. The first-order valence-corrected chi connectivity index (χ1v) is 5.71. The number of nitrogens with zero attached hydrogens (tertiary/aromatic N) is 1. The van der Waals surface area contributed by atoms with E-state index in [-0.39, 0.29) is 11.9 Å². The van der Waals surface area contributed by atoms with E-state index in [0.29, 0.717) is 13.1 Å². The lowest BCUT2D eigenvalue weighted by Gasteiger charge is -2.36. The van der Waals surface area contributed by atoms with Gasteiger partial charge in [-0.15, -0.1) is 11.3 Å². The molecule has 0 aromatic carbocycles. The molecule has 1 saturated heterocycles. The van der Waals surface area contributed by atoms with Gasteiger partial charge in [-0.2, -0.15) is 0 Å². The topological polar surface area (TPSA) is 46.3 Å². The average molecular weight is 210 g/mol. The lowest BCUT2D eigenvalue weighted by Crippen LogP contribution is -2.57. The van der Waals surface area contributed by atoms with E-state index in [4.69, 9.17) is 5.73 Å². The van der Waals surface area contributed by atoms with Gasteiger partial charge in [-0.3, -0.25) is 4.79 Å². The fraction of sp³-hybridized carbons (Fsp3) is 0.500. The van der Waals surface area contributed by atoms with Crippen molar-refractivity contribution in [2.75, 3.05) is 13.1 Å². The van der Waals surface area contributed by atoms with Crippen molar-refractivity contribution in [3.8, 4) is 0 Å². The second kappa shape index (κ2) is 3.71. The summed E-state index contributed by atoms with van der Waals surface area (Å²) in [4.78, 5) is 14.6. The third-order valence-electron chi connectivity index (χ3n) is 2.52. The highest BCUT2D eigenvalue weighted by Crippen LogP contribution is 2.21. The molecule has 0 radical (unpaired) electrons. The zero-order valence-electron chi connectivity index (χ0n) is 8.19. The Morgan fingerprint density at radius 3 is 3.00 bits per heavy atom. The van der Waals surface area contributed by atoms with Crippen molar-refractivity contribution in [2.24, 2.45) is 5.73 Å². The fourth-order valence-electron chi connectivity index (χ4n) is 1.62. The highest BCUT2D eigenvalue weighted by atomic mass is 32.1. The van der Waals surface area contributed by atoms with Crippen LogP contribution in [0, 0.1) is 0 Å². The van der Waals surface area contributed by atoms with Crippen LogP contribution in [0.25, 0.3) is 0 Å². The molecule has 0 aliphatic carbocycles. The average Bonchev–Trinajstić information content (AvgIpc) is 2.59. The Morgan fingerprint density at radius 1 is 1.71 bits per heavy atom. The number of hydrogen-bond donors (Lipinski definition) is 1. The predicted octanol–water partition coefficient (Wildman–Crippen LogP) is 1.09. The summed E-state index contributed by atoms with van der Waals surface area (Å²) in [5, 5.41) is 1.98. The molecule has 3 nitrogen and oxygen atoms in total. The van der Waals surface area contributed by atoms with E-state index in [2.05, 4.69) is 6.92 Å². The van der Waals surface area contributed by atoms with Crippen LogP contribution in [0.1, 0.15) is 22.2 Å². The number of rotatable bonds is 2. The van der Waals surface area contributed by atoms with Gasteiger partial charge >= 0.3 is 0 Å². The van der Waals surface area contributed by atoms with Gasteiger partial charge in [-0.05, 0) is 23.4 Å². The molecular formula is C10H14N2OS. The first-order valence-electron chi connectivity index (χ1n) is 4.83. The van der Waals surface area contributed by atoms with Gasteiger partial charge in [0.2, 0.25) is 0 Å². The van der Waals surface area contributed by atoms with Gasteiger partial charge in [-0.1, -0.05) is 6.92 Å². The molecule has 14 heavy (non-hydrogen) atoms. The minimum Gasteiger partial charge on any atom is -0.335 e. The maximum atomic E-state index is 11.9. The van der Waals surface area contributed by atoms with Crippen molar-refractivity contribution < 1.29 is 4.79 Å². The minimum absolute atomic E-state index is 0.151. The van der Waals surface area contributed by atoms with Crippen LogP contribution in [-0.4, -0.2) is 29.9 Å². The highest BCUT2D eigenvalue weighted by molar-refractivity contribution is 7.12. The molecule has 0 spiro atoms. The van der Waals surface area contributed by atoms with Crippen molar-refractivity contribution in [3.05, 3.63) is 21.9 Å². The minimum atomic E-state index is 0.151. The van der Waals surface area contributed by atoms with Gasteiger partial charge < -0.3 is 10.6 Å². The van der Waals surface area contributed by atoms with Crippen molar-refractivity contribution >= 4 is 17.2 Å². The molecule has 0 saturated carbocycles. The molecule has 2 N–H and O–H groups in total. The number of aryl methyl sites for hydroxylation is 1. The first-order chi connectivity index (χ1) is 6.72. The molecule has 4 heteroatoms. The molecule has 1 aliphatic rings. The maximum Gasteiger partial charge on any atom is 0.264 e. The number of hydrogen-bond acceptors (Lipinski definition) is 3. The predicted molar refractivity (Wildman–Crippen MR) is 57.6 cm³/mol. The Kier molecular flexibility index (Phi) is 2.56. The smallest absolute Gasteiger partial charge is 0.264 e. The van der Waals surface area contributed by atoms with Crippen LogP contribution < -0.4 is 5.73 Å². The molecule has 1 aromatic rings. The van der Waals surface area contributed by atoms with Crippen LogP contribution in [0.15, 0.2) is 11.4 Å². The lowest BCUT2D eigenvalue weighted by molar-refractivity contribution is 0.0612. The number of nitrogens with two attached hydrogens (primary N) is 1. The number of thiophene rings is 1. The summed E-state index contributed by atoms with van der Waals surface area (Å²) in [6.45, 7) is 3.49. The Bertz CT molecular complexity index is 342. The second-order valence-corrected chi connectivity index (χ2v) is 4.51. The molecule has 0 unspecified atom stereocenters. The van der Waals surface area contributed by atoms with Crippen LogP contribution in [0.2, 0.25) is 0 Å². The standard InChI is InChI=1S/C10H14N2OS/c1-2-7-3-4-14-9(7)10(13)12-5-8(11)6-12/h3-4,8H,2,5-6,11H2,1H3. The van der Waals surface area contributed by atoms with Gasteiger partial charge in [0.25, 0.3) is 5.91 Å². The molecule has 2 rings (SSSR count). The van der Waals surface area contributed by atoms with E-state index in [9.17, 15) is 4.79 Å². The van der Waals surface area contributed by atoms with Crippen LogP contribution in [0.4, 0.5) is 0 Å². The second-order valence-electron chi connectivity index (χ2n) is 3.60. The van der Waals surface area contributed by atoms with Gasteiger partial charge in [0.1, 0.15) is 0 Å². The van der Waals surface area contributed by atoms with E-state index in [1.165, 1.54) is 11.3 Å². The number of carbonyl (C=O) groups is 1. The van der Waals surface area contributed by atoms with Crippen molar-refractivity contribution in [1.82, 2.24) is 4.90 Å². The first kappa shape index (κ1) is 9.68. The van der Waals surface area contributed by atoms with E-state index < -0.39 is 0 Å². The normalized spacial score (nSPS) is 16.9. The Hall–Kier alpha value is -0.870. The summed E-state index contributed by atoms with van der Waals surface area (Å²) in [5.74, 6) is 0.151. The monoisotopic (exact) mass is 210 g/mol. The lowest BCUT2D eigenvalue weighted by atomic mass is 10.1. The zero-order valence-corrected chi connectivity index (χ0v) is 9.01. The Labute approximate surface area is 87.5 Å². The Balaban J connectivity index is 2.11. The summed E-state index contributed by atoms with van der Waals surface area (Å²) < 4.78 is 0. The maximum absolute atomic E-state index is 11.9. The van der Waals surface area contributed by atoms with Gasteiger partial charge in [0, 0.05) is 19.1 Å². The van der Waals surface area contributed by atoms with Crippen LogP contribution in [-0.2, 0) is 6.42 Å². The van der Waals surface area contributed by atoms with E-state index in [0.717, 1.165) is 16.9 Å². The van der Waals surface area contributed by atoms with Crippen LogP contribution in [0.5, 0.6) is 0 Å². The molecule has 0 atom stereocenters. The summed E-state index contributed by atoms with van der Waals surface area (Å²) in [7, 11) is 0. The molecular weight excluding hydrogens is 196 g/mol. The largest absolute Gasteiger partial charge is 0.335 e. The molecule has 1 amide bonds. The summed E-state index contributed by atoms with van der Waals surface area (Å²) in [5.41, 5.74) is 6.79. The third kappa shape index (κ3) is 1.55. The third-order valence-corrected chi connectivity index (χ3v) is 3.46. The van der Waals surface area contributed by atoms with Crippen molar-refractivity contribution in [2.45, 2.75) is 19.4 Å². The summed E-state index contributed by atoms with van der Waals surface area (Å²) >= 11 is 1.53. The van der Waals surface area contributed by atoms with Gasteiger partial charge in [0.05, 0.1) is 4.88 Å². The molecule has 76 valence electrons. The van der Waals surface area contributed by atoms with Crippen LogP contribution in [0.3, 0.4) is 0 Å². The molecule has 1 fully saturated rings. The van der Waals surface area contributed by atoms with E-state index in [1.54, 1.807) is 0 Å². The quantitative estimate of drug-likeness (QED) is 0.794. The van der Waals surface area contributed by atoms with Gasteiger partial charge in [0.15, 0.2) is 0 Å². The zero-order chi connectivity index (χ0) is 10.1. The van der Waals surface area contributed by atoms with Crippen molar-refractivity contribution in [1.29, 1.82) is 0 Å². The molecule has 1 aromatic heterocycles. The molecule has 1 aliphatic heterocycles. The fourth-order valence-corrected chi connectivity index (χ4v) is 2.59. The van der Waals surface area contributed by atoms with Gasteiger partial charge in [-0.25, -0.2) is 0 Å². The Morgan fingerprint density at radius 2 is 2.43 bits per heavy atom. The van der Waals surface area contributed by atoms with Crippen LogP contribution >= 0.6 is 11.3 Å². The summed E-state index contributed by atoms with van der Waals surface area (Å²) in [6.07, 6.45) is 0.921. The summed E-state index contributed by atoms with van der Waals surface area (Å²) in [6, 6.07) is 2.21. The SMILES string of the molecule is CCc1ccsc1C(=O)N1CC(N)C1. The number of amides is 1. The number of carbonyl (C=O) groups excluding carboxylic acids is 1. The highest BCUT2D eigenvalue weighted by Gasteiger charge is 2.29. The van der Waals surface area contributed by atoms with E-state index >= 15 is 0 Å².